The smallest absolute Gasteiger partial charge is 0.119 e. The second-order valence-electron chi connectivity index (χ2n) is 6.39. The molecule has 2 N–H and O–H groups in total. The van der Waals surface area contributed by atoms with Crippen LogP contribution in [0.2, 0.25) is 0 Å². The lowest BCUT2D eigenvalue weighted by Crippen LogP contribution is -2.27. The summed E-state index contributed by atoms with van der Waals surface area (Å²) < 4.78 is 29.8. The van der Waals surface area contributed by atoms with Gasteiger partial charge in [-0.05, 0) is 5.92 Å². The summed E-state index contributed by atoms with van der Waals surface area (Å²) >= 11 is 0. The molecule has 0 rings (SSSR count). The fraction of sp³-hybridized carbons (Fsp3) is 0.889. The lowest BCUT2D eigenvalue weighted by Gasteiger charge is -2.15. The Morgan fingerprint density at radius 3 is 2.00 bits per heavy atom. The number of nitrogens with one attached hydrogen (secondary N) is 2. The van der Waals surface area contributed by atoms with Gasteiger partial charge in [0.25, 0.3) is 0 Å². The molecule has 0 amide bonds. The van der Waals surface area contributed by atoms with Crippen LogP contribution < -0.4 is 10.6 Å². The minimum absolute atomic E-state index is 0.292. The van der Waals surface area contributed by atoms with E-state index >= 15 is 0 Å². The number of rotatable bonds is 17. The highest BCUT2D eigenvalue weighted by Crippen LogP contribution is 2.04. The third-order valence-corrected chi connectivity index (χ3v) is 3.37. The number of hydrogen-bond donors (Lipinski definition) is 2. The van der Waals surface area contributed by atoms with Crippen LogP contribution >= 0.6 is 0 Å². The molecule has 0 fully saturated rings. The number of hydrogen-bond acceptors (Lipinski definition) is 5. The maximum Gasteiger partial charge on any atom is 0.119 e. The molecule has 0 heterocycles. The van der Waals surface area contributed by atoms with Gasteiger partial charge >= 0.3 is 0 Å². The highest BCUT2D eigenvalue weighted by molar-refractivity contribution is 4.94. The van der Waals surface area contributed by atoms with Gasteiger partial charge in [0.15, 0.2) is 0 Å². The summed E-state index contributed by atoms with van der Waals surface area (Å²) in [5.74, 6) is 0.320. The van der Waals surface area contributed by atoms with E-state index in [-0.39, 0.29) is 0 Å². The molecule has 5 nitrogen and oxygen atoms in total. The van der Waals surface area contributed by atoms with Crippen molar-refractivity contribution in [3.8, 4) is 0 Å². The maximum absolute atomic E-state index is 13.6. The van der Waals surface area contributed by atoms with E-state index in [9.17, 15) is 4.39 Å². The molecule has 24 heavy (non-hydrogen) atoms. The second kappa shape index (κ2) is 15.8. The van der Waals surface area contributed by atoms with Crippen LogP contribution in [-0.2, 0) is 14.2 Å². The van der Waals surface area contributed by atoms with Crippen LogP contribution in [-0.4, -0.2) is 64.9 Å². The van der Waals surface area contributed by atoms with E-state index in [1.54, 1.807) is 0 Å². The summed E-state index contributed by atoms with van der Waals surface area (Å²) in [4.78, 5) is 0. The molecular formula is C18H37FN2O3. The average molecular weight is 349 g/mol. The van der Waals surface area contributed by atoms with Crippen molar-refractivity contribution in [2.75, 3.05) is 52.7 Å². The normalized spacial score (nSPS) is 12.8. The van der Waals surface area contributed by atoms with Crippen molar-refractivity contribution >= 4 is 0 Å². The molecule has 6 heteroatoms. The maximum atomic E-state index is 13.6. The predicted molar refractivity (Wildman–Crippen MR) is 97.1 cm³/mol. The molecule has 0 aromatic carbocycles. The third kappa shape index (κ3) is 16.2. The molecule has 0 bridgehead atoms. The van der Waals surface area contributed by atoms with E-state index in [2.05, 4.69) is 31.1 Å². The first-order valence-corrected chi connectivity index (χ1v) is 8.96. The molecule has 0 spiro atoms. The third-order valence-electron chi connectivity index (χ3n) is 3.37. The monoisotopic (exact) mass is 348 g/mol. The van der Waals surface area contributed by atoms with Gasteiger partial charge in [-0.1, -0.05) is 34.3 Å². The van der Waals surface area contributed by atoms with Crippen LogP contribution in [0.15, 0.2) is 12.3 Å². The summed E-state index contributed by atoms with van der Waals surface area (Å²) in [6.07, 6.45) is -0.543. The lowest BCUT2D eigenvalue weighted by atomic mass is 10.1. The van der Waals surface area contributed by atoms with Gasteiger partial charge in [0.1, 0.15) is 6.17 Å². The van der Waals surface area contributed by atoms with Gasteiger partial charge < -0.3 is 24.8 Å². The number of alkyl halides is 1. The Morgan fingerprint density at radius 1 is 0.917 bits per heavy atom. The Hall–Kier alpha value is -0.690. The molecule has 1 atom stereocenters. The lowest BCUT2D eigenvalue weighted by molar-refractivity contribution is 0.0118. The molecule has 0 radical (unpaired) electrons. The second-order valence-corrected chi connectivity index (χ2v) is 6.39. The quantitative estimate of drug-likeness (QED) is 0.396. The number of ether oxygens (including phenoxy) is 3. The zero-order valence-corrected chi connectivity index (χ0v) is 15.9. The van der Waals surface area contributed by atoms with Crippen LogP contribution in [0.3, 0.4) is 0 Å². The summed E-state index contributed by atoms with van der Waals surface area (Å²) in [7, 11) is 0. The summed E-state index contributed by atoms with van der Waals surface area (Å²) in [6, 6.07) is 0.482. The van der Waals surface area contributed by atoms with E-state index < -0.39 is 6.17 Å². The standard InChI is InChI=1S/C18H37FN2O3/c1-15(2)17(5)21-14-18(19)6-8-22-10-12-24-13-11-23-9-7-20-16(3)4/h15-16,18,20-21H,5-14H2,1-4H3. The van der Waals surface area contributed by atoms with Crippen LogP contribution in [0.1, 0.15) is 34.1 Å². The minimum atomic E-state index is -0.922. The Morgan fingerprint density at radius 2 is 1.46 bits per heavy atom. The molecule has 0 saturated carbocycles. The number of allylic oxidation sites excluding steroid dienone is 1. The van der Waals surface area contributed by atoms with E-state index in [0.717, 1.165) is 12.2 Å². The Bertz CT molecular complexity index is 302. The SMILES string of the molecule is C=C(NCC(F)CCOCCOCCOCCNC(C)C)C(C)C. The van der Waals surface area contributed by atoms with Crippen molar-refractivity contribution in [1.29, 1.82) is 0 Å². The van der Waals surface area contributed by atoms with Crippen molar-refractivity contribution in [3.05, 3.63) is 12.3 Å². The molecule has 1 unspecified atom stereocenters. The molecule has 0 aliphatic rings. The van der Waals surface area contributed by atoms with E-state index in [1.165, 1.54) is 0 Å². The fourth-order valence-corrected chi connectivity index (χ4v) is 1.72. The highest BCUT2D eigenvalue weighted by atomic mass is 19.1. The topological polar surface area (TPSA) is 51.8 Å². The summed E-state index contributed by atoms with van der Waals surface area (Å²) in [5, 5.41) is 6.28. The van der Waals surface area contributed by atoms with Gasteiger partial charge in [-0.2, -0.15) is 0 Å². The Kier molecular flexibility index (Phi) is 15.4. The van der Waals surface area contributed by atoms with Crippen molar-refractivity contribution in [2.45, 2.75) is 46.3 Å². The number of halogens is 1. The first-order chi connectivity index (χ1) is 11.4. The van der Waals surface area contributed by atoms with Crippen molar-refractivity contribution in [3.63, 3.8) is 0 Å². The zero-order chi connectivity index (χ0) is 18.2. The van der Waals surface area contributed by atoms with Gasteiger partial charge in [0.2, 0.25) is 0 Å². The van der Waals surface area contributed by atoms with Gasteiger partial charge in [-0.3, -0.25) is 0 Å². The van der Waals surface area contributed by atoms with Crippen molar-refractivity contribution in [1.82, 2.24) is 10.6 Å². The van der Waals surface area contributed by atoms with Gasteiger partial charge in [0.05, 0.1) is 33.0 Å². The van der Waals surface area contributed by atoms with Crippen LogP contribution in [0, 0.1) is 5.92 Å². The molecular weight excluding hydrogens is 311 g/mol. The Labute approximate surface area is 147 Å². The fourth-order valence-electron chi connectivity index (χ4n) is 1.72. The van der Waals surface area contributed by atoms with Gasteiger partial charge in [0, 0.05) is 37.9 Å². The van der Waals surface area contributed by atoms with Crippen LogP contribution in [0.4, 0.5) is 4.39 Å². The summed E-state index contributed by atoms with van der Waals surface area (Å²) in [5.41, 5.74) is 0.870. The average Bonchev–Trinajstić information content (AvgIpc) is 2.53. The highest BCUT2D eigenvalue weighted by Gasteiger charge is 2.07. The summed E-state index contributed by atoms with van der Waals surface area (Å²) in [6.45, 7) is 16.5. The molecule has 144 valence electrons. The van der Waals surface area contributed by atoms with Crippen LogP contribution in [0.5, 0.6) is 0 Å². The molecule has 0 aliphatic heterocycles. The van der Waals surface area contributed by atoms with E-state index in [4.69, 9.17) is 14.2 Å². The molecule has 0 aromatic heterocycles. The molecule has 0 saturated heterocycles. The van der Waals surface area contributed by atoms with E-state index in [1.807, 2.05) is 13.8 Å². The molecule has 0 aromatic rings. The van der Waals surface area contributed by atoms with Gasteiger partial charge in [-0.25, -0.2) is 4.39 Å². The van der Waals surface area contributed by atoms with Gasteiger partial charge in [-0.15, -0.1) is 0 Å². The minimum Gasteiger partial charge on any atom is -0.386 e. The van der Waals surface area contributed by atoms with Crippen molar-refractivity contribution < 1.29 is 18.6 Å². The zero-order valence-electron chi connectivity index (χ0n) is 15.9. The van der Waals surface area contributed by atoms with E-state index in [0.29, 0.717) is 64.6 Å². The first-order valence-electron chi connectivity index (χ1n) is 8.96. The van der Waals surface area contributed by atoms with Crippen molar-refractivity contribution in [2.24, 2.45) is 5.92 Å². The molecule has 0 aliphatic carbocycles. The predicted octanol–water partition coefficient (Wildman–Crippen LogP) is 2.52. The largest absolute Gasteiger partial charge is 0.386 e. The van der Waals surface area contributed by atoms with Crippen LogP contribution in [0.25, 0.3) is 0 Å². The first kappa shape index (κ1) is 23.3. The Balaban J connectivity index is 3.23.